The van der Waals surface area contributed by atoms with Crippen LogP contribution in [0.3, 0.4) is 0 Å². The molecule has 1 aliphatic heterocycles. The molecule has 0 aliphatic carbocycles. The molecule has 14 heavy (non-hydrogen) atoms. The van der Waals surface area contributed by atoms with Gasteiger partial charge in [-0.25, -0.2) is 4.98 Å². The Hall–Kier alpha value is -1.58. The first kappa shape index (κ1) is 8.99. The zero-order valence-electron chi connectivity index (χ0n) is 8.49. The molecular weight excluding hydrogens is 176 g/mol. The summed E-state index contributed by atoms with van der Waals surface area (Å²) in [4.78, 5) is 10.6. The normalized spacial score (nSPS) is 14.3. The first-order valence-electron chi connectivity index (χ1n) is 4.78. The number of rotatable bonds is 1. The zero-order chi connectivity index (χ0) is 10.1. The van der Waals surface area contributed by atoms with Crippen molar-refractivity contribution in [1.82, 2.24) is 9.97 Å². The Morgan fingerprint density at radius 2 is 2.29 bits per heavy atom. The fourth-order valence-electron chi connectivity index (χ4n) is 1.69. The van der Waals surface area contributed by atoms with Gasteiger partial charge in [0.15, 0.2) is 0 Å². The lowest BCUT2D eigenvalue weighted by atomic mass is 10.1. The second-order valence-electron chi connectivity index (χ2n) is 3.35. The van der Waals surface area contributed by atoms with Gasteiger partial charge in [0.05, 0.1) is 5.69 Å². The van der Waals surface area contributed by atoms with Gasteiger partial charge in [-0.2, -0.15) is 4.98 Å². The molecule has 0 aromatic carbocycles. The molecule has 4 heteroatoms. The van der Waals surface area contributed by atoms with E-state index in [-0.39, 0.29) is 0 Å². The summed E-state index contributed by atoms with van der Waals surface area (Å²) in [5.41, 5.74) is 7.66. The van der Waals surface area contributed by atoms with Crippen LogP contribution in [0, 0.1) is 6.92 Å². The molecule has 1 aromatic heterocycles. The molecule has 0 atom stereocenters. The molecule has 4 nitrogen and oxygen atoms in total. The number of nitrogens with two attached hydrogens (primary N) is 1. The minimum atomic E-state index is 0.356. The number of aryl methyl sites for hydroxylation is 1. The van der Waals surface area contributed by atoms with E-state index in [0.717, 1.165) is 30.2 Å². The Labute approximate surface area is 83.5 Å². The van der Waals surface area contributed by atoms with Gasteiger partial charge < -0.3 is 10.6 Å². The van der Waals surface area contributed by atoms with Crippen molar-refractivity contribution in [1.29, 1.82) is 0 Å². The van der Waals surface area contributed by atoms with Crippen molar-refractivity contribution in [2.24, 2.45) is 0 Å². The van der Waals surface area contributed by atoms with Gasteiger partial charge in [0, 0.05) is 18.7 Å². The first-order valence-corrected chi connectivity index (χ1v) is 4.78. The molecule has 0 saturated heterocycles. The monoisotopic (exact) mass is 190 g/mol. The maximum atomic E-state index is 5.63. The fraction of sp³-hybridized carbons (Fsp3) is 0.400. The molecule has 1 aromatic rings. The second-order valence-corrected chi connectivity index (χ2v) is 3.35. The third kappa shape index (κ3) is 1.32. The van der Waals surface area contributed by atoms with Crippen molar-refractivity contribution in [3.05, 3.63) is 17.3 Å². The number of hydrogen-bond acceptors (Lipinski definition) is 4. The molecule has 0 bridgehead atoms. The smallest absolute Gasteiger partial charge is 0.222 e. The summed E-state index contributed by atoms with van der Waals surface area (Å²) in [6, 6.07) is 0. The fourth-order valence-corrected chi connectivity index (χ4v) is 1.69. The number of anilines is 2. The van der Waals surface area contributed by atoms with Gasteiger partial charge in [0.1, 0.15) is 5.82 Å². The van der Waals surface area contributed by atoms with E-state index in [1.165, 1.54) is 0 Å². The predicted molar refractivity (Wildman–Crippen MR) is 58.1 cm³/mol. The van der Waals surface area contributed by atoms with Gasteiger partial charge in [0.2, 0.25) is 5.95 Å². The highest BCUT2D eigenvalue weighted by atomic mass is 15.2. The third-order valence-electron chi connectivity index (χ3n) is 2.42. The summed E-state index contributed by atoms with van der Waals surface area (Å²) >= 11 is 0. The predicted octanol–water partition coefficient (Wildman–Crippen LogP) is 1.22. The highest BCUT2D eigenvalue weighted by Crippen LogP contribution is 2.25. The van der Waals surface area contributed by atoms with E-state index in [1.807, 2.05) is 6.92 Å². The molecule has 2 rings (SSSR count). The van der Waals surface area contributed by atoms with Crippen LogP contribution in [0.1, 0.15) is 18.2 Å². The number of nitrogen functional groups attached to an aromatic ring is 1. The van der Waals surface area contributed by atoms with E-state index < -0.39 is 0 Å². The van der Waals surface area contributed by atoms with Crippen molar-refractivity contribution in [2.75, 3.05) is 23.7 Å². The van der Waals surface area contributed by atoms with Crippen LogP contribution in [0.25, 0.3) is 6.08 Å². The number of fused-ring (bicyclic) bond motifs is 1. The van der Waals surface area contributed by atoms with Crippen LogP contribution in [-0.4, -0.2) is 23.1 Å². The van der Waals surface area contributed by atoms with E-state index in [4.69, 9.17) is 5.73 Å². The largest absolute Gasteiger partial charge is 0.368 e. The molecule has 0 radical (unpaired) electrons. The number of likely N-dealkylation sites (N-methyl/N-ethyl adjacent to an activating group) is 1. The van der Waals surface area contributed by atoms with Crippen LogP contribution in [0.2, 0.25) is 0 Å². The lowest BCUT2D eigenvalue weighted by Gasteiger charge is -2.26. The maximum absolute atomic E-state index is 5.63. The van der Waals surface area contributed by atoms with Gasteiger partial charge >= 0.3 is 0 Å². The molecule has 2 N–H and O–H groups in total. The van der Waals surface area contributed by atoms with Gasteiger partial charge in [-0.15, -0.1) is 0 Å². The molecule has 0 amide bonds. The minimum absolute atomic E-state index is 0.356. The van der Waals surface area contributed by atoms with E-state index in [0.29, 0.717) is 5.95 Å². The maximum Gasteiger partial charge on any atom is 0.222 e. The average Bonchev–Trinajstić information content (AvgIpc) is 2.17. The molecule has 0 unspecified atom stereocenters. The zero-order valence-corrected chi connectivity index (χ0v) is 8.49. The molecule has 0 spiro atoms. The highest BCUT2D eigenvalue weighted by Gasteiger charge is 2.16. The third-order valence-corrected chi connectivity index (χ3v) is 2.42. The summed E-state index contributed by atoms with van der Waals surface area (Å²) in [6.07, 6.45) is 4.19. The molecule has 74 valence electrons. The van der Waals surface area contributed by atoms with E-state index in [1.54, 1.807) is 0 Å². The molecule has 1 aliphatic rings. The topological polar surface area (TPSA) is 55.0 Å². The van der Waals surface area contributed by atoms with Gasteiger partial charge in [-0.3, -0.25) is 0 Å². The van der Waals surface area contributed by atoms with Crippen LogP contribution in [0.4, 0.5) is 11.8 Å². The van der Waals surface area contributed by atoms with Gasteiger partial charge in [-0.05, 0) is 13.8 Å². The summed E-state index contributed by atoms with van der Waals surface area (Å²) in [5.74, 6) is 1.31. The quantitative estimate of drug-likeness (QED) is 0.723. The lowest BCUT2D eigenvalue weighted by Crippen LogP contribution is -2.27. The van der Waals surface area contributed by atoms with Crippen molar-refractivity contribution >= 4 is 17.8 Å². The van der Waals surface area contributed by atoms with Crippen LogP contribution in [0.5, 0.6) is 0 Å². The van der Waals surface area contributed by atoms with Crippen LogP contribution < -0.4 is 10.6 Å². The van der Waals surface area contributed by atoms with Crippen LogP contribution in [-0.2, 0) is 0 Å². The Balaban J connectivity index is 2.58. The average molecular weight is 190 g/mol. The Morgan fingerprint density at radius 1 is 1.50 bits per heavy atom. The van der Waals surface area contributed by atoms with Crippen molar-refractivity contribution < 1.29 is 0 Å². The summed E-state index contributed by atoms with van der Waals surface area (Å²) < 4.78 is 0. The minimum Gasteiger partial charge on any atom is -0.368 e. The van der Waals surface area contributed by atoms with Crippen molar-refractivity contribution in [2.45, 2.75) is 13.8 Å². The molecular formula is C10H14N4. The van der Waals surface area contributed by atoms with Crippen molar-refractivity contribution in [3.8, 4) is 0 Å². The number of nitrogens with zero attached hydrogens (tertiary/aromatic N) is 3. The van der Waals surface area contributed by atoms with Crippen LogP contribution in [0.15, 0.2) is 6.08 Å². The van der Waals surface area contributed by atoms with E-state index in [2.05, 4.69) is 33.9 Å². The highest BCUT2D eigenvalue weighted by molar-refractivity contribution is 5.70. The second kappa shape index (κ2) is 3.29. The Kier molecular flexibility index (Phi) is 2.11. The van der Waals surface area contributed by atoms with Gasteiger partial charge in [0.25, 0.3) is 0 Å². The summed E-state index contributed by atoms with van der Waals surface area (Å²) in [7, 11) is 0. The van der Waals surface area contributed by atoms with E-state index in [9.17, 15) is 0 Å². The number of hydrogen-bond donors (Lipinski definition) is 1. The standard InChI is InChI=1S/C10H14N4/c1-3-14-6-4-5-8-7(2)12-10(11)13-9(8)14/h4-5H,3,6H2,1-2H3,(H2,11,12,13). The first-order chi connectivity index (χ1) is 6.72. The molecule has 0 fully saturated rings. The van der Waals surface area contributed by atoms with Gasteiger partial charge in [-0.1, -0.05) is 12.2 Å². The number of aromatic nitrogens is 2. The van der Waals surface area contributed by atoms with Crippen molar-refractivity contribution in [3.63, 3.8) is 0 Å². The van der Waals surface area contributed by atoms with Crippen LogP contribution >= 0.6 is 0 Å². The molecule has 0 saturated carbocycles. The Morgan fingerprint density at radius 3 is 3.00 bits per heavy atom. The lowest BCUT2D eigenvalue weighted by molar-refractivity contribution is 0.865. The SMILES string of the molecule is CCN1CC=Cc2c(C)nc(N)nc21. The molecule has 2 heterocycles. The summed E-state index contributed by atoms with van der Waals surface area (Å²) in [5, 5.41) is 0. The van der Waals surface area contributed by atoms with E-state index >= 15 is 0 Å². The Bertz CT molecular complexity index is 384. The summed E-state index contributed by atoms with van der Waals surface area (Å²) in [6.45, 7) is 5.91.